The van der Waals surface area contributed by atoms with Crippen LogP contribution in [-0.4, -0.2) is 52.5 Å². The zero-order valence-electron chi connectivity index (χ0n) is 7.08. The molecular formula is C7H12O6. The van der Waals surface area contributed by atoms with Crippen LogP contribution in [-0.2, 0) is 14.3 Å². The van der Waals surface area contributed by atoms with Crippen molar-refractivity contribution in [3.8, 4) is 0 Å². The lowest BCUT2D eigenvalue weighted by molar-refractivity contribution is -0.170. The first kappa shape index (κ1) is 10.4. The van der Waals surface area contributed by atoms with Crippen molar-refractivity contribution in [2.45, 2.75) is 31.5 Å². The number of aliphatic hydroxyl groups is 3. The van der Waals surface area contributed by atoms with E-state index in [1.165, 1.54) is 0 Å². The fraction of sp³-hybridized carbons (Fsp3) is 0.857. The summed E-state index contributed by atoms with van der Waals surface area (Å²) in [6, 6.07) is 0. The Labute approximate surface area is 74.7 Å². The summed E-state index contributed by atoms with van der Waals surface area (Å²) in [6.07, 6.45) is -4.59. The van der Waals surface area contributed by atoms with Gasteiger partial charge >= 0.3 is 5.97 Å². The standard InChI is InChI=1S/C7H12O6/c1-3(9)12-6-5(10)4(2-8)13-7(6)11/h4-8,10-11H,2H2,1H3/t4-,5+,6-,7?/m0/s1. The summed E-state index contributed by atoms with van der Waals surface area (Å²) in [7, 11) is 0. The van der Waals surface area contributed by atoms with Gasteiger partial charge in [0.2, 0.25) is 0 Å². The van der Waals surface area contributed by atoms with Crippen LogP contribution in [0.2, 0.25) is 0 Å². The average molecular weight is 192 g/mol. The number of hydrogen-bond donors (Lipinski definition) is 3. The molecule has 1 aliphatic rings. The molecule has 6 nitrogen and oxygen atoms in total. The zero-order valence-corrected chi connectivity index (χ0v) is 7.08. The quantitative estimate of drug-likeness (QED) is 0.437. The molecular weight excluding hydrogens is 180 g/mol. The molecule has 1 heterocycles. The van der Waals surface area contributed by atoms with Gasteiger partial charge in [-0.2, -0.15) is 0 Å². The lowest BCUT2D eigenvalue weighted by Gasteiger charge is -2.16. The van der Waals surface area contributed by atoms with E-state index in [1.807, 2.05) is 0 Å². The average Bonchev–Trinajstić information content (AvgIpc) is 2.31. The molecule has 76 valence electrons. The Bertz CT molecular complexity index is 193. The fourth-order valence-corrected chi connectivity index (χ4v) is 1.19. The fourth-order valence-electron chi connectivity index (χ4n) is 1.19. The molecule has 1 aliphatic heterocycles. The van der Waals surface area contributed by atoms with E-state index in [0.29, 0.717) is 0 Å². The predicted octanol–water partition coefficient (Wildman–Crippen LogP) is -2.01. The highest BCUT2D eigenvalue weighted by Gasteiger charge is 2.44. The highest BCUT2D eigenvalue weighted by Crippen LogP contribution is 2.22. The van der Waals surface area contributed by atoms with Crippen molar-refractivity contribution in [1.82, 2.24) is 0 Å². The highest BCUT2D eigenvalue weighted by atomic mass is 16.7. The maximum absolute atomic E-state index is 10.5. The van der Waals surface area contributed by atoms with Gasteiger partial charge in [0.1, 0.15) is 12.2 Å². The van der Waals surface area contributed by atoms with E-state index in [1.54, 1.807) is 0 Å². The number of rotatable bonds is 2. The smallest absolute Gasteiger partial charge is 0.303 e. The summed E-state index contributed by atoms with van der Waals surface area (Å²) in [5.41, 5.74) is 0. The van der Waals surface area contributed by atoms with Gasteiger partial charge in [-0.1, -0.05) is 0 Å². The molecule has 0 saturated carbocycles. The van der Waals surface area contributed by atoms with E-state index in [9.17, 15) is 9.90 Å². The van der Waals surface area contributed by atoms with Crippen LogP contribution in [0.25, 0.3) is 0 Å². The van der Waals surface area contributed by atoms with Crippen LogP contribution in [0.4, 0.5) is 0 Å². The van der Waals surface area contributed by atoms with Crippen molar-refractivity contribution in [3.05, 3.63) is 0 Å². The summed E-state index contributed by atoms with van der Waals surface area (Å²) in [5.74, 6) is -0.620. The normalized spacial score (nSPS) is 39.1. The SMILES string of the molecule is CC(=O)O[C@@H]1C(O)O[C@@H](CO)[C@H]1O. The van der Waals surface area contributed by atoms with E-state index in [0.717, 1.165) is 6.92 Å². The minimum absolute atomic E-state index is 0.435. The van der Waals surface area contributed by atoms with Crippen molar-refractivity contribution in [3.63, 3.8) is 0 Å². The Morgan fingerprint density at radius 2 is 2.15 bits per heavy atom. The molecule has 1 unspecified atom stereocenters. The van der Waals surface area contributed by atoms with Crippen LogP contribution in [0.5, 0.6) is 0 Å². The maximum atomic E-state index is 10.5. The molecule has 0 bridgehead atoms. The zero-order chi connectivity index (χ0) is 10.0. The van der Waals surface area contributed by atoms with E-state index in [4.69, 9.17) is 14.9 Å². The minimum Gasteiger partial charge on any atom is -0.454 e. The number of esters is 1. The van der Waals surface area contributed by atoms with Crippen LogP contribution in [0.15, 0.2) is 0 Å². The molecule has 13 heavy (non-hydrogen) atoms. The molecule has 0 radical (unpaired) electrons. The maximum Gasteiger partial charge on any atom is 0.303 e. The van der Waals surface area contributed by atoms with Gasteiger partial charge in [-0.05, 0) is 0 Å². The third-order valence-corrected chi connectivity index (χ3v) is 1.79. The van der Waals surface area contributed by atoms with Gasteiger partial charge in [0.15, 0.2) is 12.4 Å². The Balaban J connectivity index is 2.58. The first-order valence-electron chi connectivity index (χ1n) is 3.86. The third kappa shape index (κ3) is 2.16. The Morgan fingerprint density at radius 1 is 1.54 bits per heavy atom. The lowest BCUT2D eigenvalue weighted by Crippen LogP contribution is -2.37. The van der Waals surface area contributed by atoms with Crippen LogP contribution in [0.3, 0.4) is 0 Å². The molecule has 3 N–H and O–H groups in total. The highest BCUT2D eigenvalue weighted by molar-refractivity contribution is 5.66. The summed E-state index contributed by atoms with van der Waals surface area (Å²) in [5, 5.41) is 27.2. The Kier molecular flexibility index (Phi) is 3.21. The Morgan fingerprint density at radius 3 is 2.54 bits per heavy atom. The van der Waals surface area contributed by atoms with Crippen molar-refractivity contribution < 1.29 is 29.6 Å². The first-order chi connectivity index (χ1) is 6.06. The van der Waals surface area contributed by atoms with Crippen molar-refractivity contribution in [2.75, 3.05) is 6.61 Å². The molecule has 0 aromatic rings. The number of carbonyl (C=O) groups excluding carboxylic acids is 1. The summed E-state index contributed by atoms with van der Waals surface area (Å²) in [4.78, 5) is 10.5. The summed E-state index contributed by atoms with van der Waals surface area (Å²) < 4.78 is 9.31. The second kappa shape index (κ2) is 4.01. The molecule has 1 fully saturated rings. The van der Waals surface area contributed by atoms with Gasteiger partial charge in [-0.25, -0.2) is 0 Å². The summed E-state index contributed by atoms with van der Waals surface area (Å²) in [6.45, 7) is 0.724. The number of aliphatic hydroxyl groups excluding tert-OH is 3. The van der Waals surface area contributed by atoms with Gasteiger partial charge in [-0.15, -0.1) is 0 Å². The van der Waals surface area contributed by atoms with Gasteiger partial charge < -0.3 is 24.8 Å². The molecule has 0 amide bonds. The molecule has 0 spiro atoms. The number of carbonyl (C=O) groups is 1. The number of ether oxygens (including phenoxy) is 2. The predicted molar refractivity (Wildman–Crippen MR) is 39.5 cm³/mol. The van der Waals surface area contributed by atoms with Crippen LogP contribution < -0.4 is 0 Å². The van der Waals surface area contributed by atoms with Crippen LogP contribution in [0.1, 0.15) is 6.92 Å². The third-order valence-electron chi connectivity index (χ3n) is 1.79. The van der Waals surface area contributed by atoms with Crippen LogP contribution >= 0.6 is 0 Å². The largest absolute Gasteiger partial charge is 0.454 e. The van der Waals surface area contributed by atoms with E-state index in [2.05, 4.69) is 4.74 Å². The van der Waals surface area contributed by atoms with Crippen molar-refractivity contribution in [1.29, 1.82) is 0 Å². The van der Waals surface area contributed by atoms with Gasteiger partial charge in [0.25, 0.3) is 0 Å². The summed E-state index contributed by atoms with van der Waals surface area (Å²) >= 11 is 0. The molecule has 0 aromatic carbocycles. The van der Waals surface area contributed by atoms with Crippen molar-refractivity contribution >= 4 is 5.97 Å². The molecule has 6 heteroatoms. The van der Waals surface area contributed by atoms with E-state index in [-0.39, 0.29) is 0 Å². The van der Waals surface area contributed by atoms with Gasteiger partial charge in [0, 0.05) is 6.92 Å². The molecule has 4 atom stereocenters. The van der Waals surface area contributed by atoms with Gasteiger partial charge in [0.05, 0.1) is 6.61 Å². The topological polar surface area (TPSA) is 96.2 Å². The first-order valence-corrected chi connectivity index (χ1v) is 3.86. The minimum atomic E-state index is -1.38. The van der Waals surface area contributed by atoms with E-state index >= 15 is 0 Å². The van der Waals surface area contributed by atoms with E-state index < -0.39 is 37.2 Å². The van der Waals surface area contributed by atoms with Crippen LogP contribution in [0, 0.1) is 0 Å². The monoisotopic (exact) mass is 192 g/mol. The molecule has 1 rings (SSSR count). The lowest BCUT2D eigenvalue weighted by atomic mass is 10.1. The molecule has 0 aromatic heterocycles. The second-order valence-electron chi connectivity index (χ2n) is 2.81. The number of hydrogen-bond acceptors (Lipinski definition) is 6. The second-order valence-corrected chi connectivity index (χ2v) is 2.81. The van der Waals surface area contributed by atoms with Gasteiger partial charge in [-0.3, -0.25) is 4.79 Å². The Hall–Kier alpha value is -0.690. The molecule has 1 saturated heterocycles. The van der Waals surface area contributed by atoms with Crippen molar-refractivity contribution in [2.24, 2.45) is 0 Å². The molecule has 0 aliphatic carbocycles.